The van der Waals surface area contributed by atoms with E-state index in [4.69, 9.17) is 0 Å². The van der Waals surface area contributed by atoms with E-state index >= 15 is 0 Å². The summed E-state index contributed by atoms with van der Waals surface area (Å²) in [5.74, 6) is 0. The molecule has 0 saturated heterocycles. The predicted molar refractivity (Wildman–Crippen MR) is 121 cm³/mol. The van der Waals surface area contributed by atoms with Gasteiger partial charge in [0.05, 0.1) is 16.6 Å². The predicted octanol–water partition coefficient (Wildman–Crippen LogP) is 5.96. The Kier molecular flexibility index (Phi) is 4.44. The molecule has 0 bridgehead atoms. The fraction of sp³-hybridized carbons (Fsp3) is 0.0769. The molecule has 148 valence electrons. The van der Waals surface area contributed by atoms with E-state index in [9.17, 15) is 8.42 Å². The Morgan fingerprint density at radius 3 is 2.00 bits per heavy atom. The molecule has 4 heteroatoms. The SMILES string of the molecule is Cc1ccc(S(=O)(=O)N2c3ccccc3-c3ccccc3[C@@H]2c2ccccc2)cc1. The lowest BCUT2D eigenvalue weighted by Gasteiger charge is -2.39. The van der Waals surface area contributed by atoms with Crippen molar-refractivity contribution in [1.29, 1.82) is 0 Å². The third-order valence-electron chi connectivity index (χ3n) is 5.61. The van der Waals surface area contributed by atoms with Crippen LogP contribution in [-0.2, 0) is 10.0 Å². The van der Waals surface area contributed by atoms with Gasteiger partial charge in [-0.3, -0.25) is 4.31 Å². The number of para-hydroxylation sites is 1. The Balaban J connectivity index is 1.82. The van der Waals surface area contributed by atoms with E-state index in [0.717, 1.165) is 27.8 Å². The molecule has 0 N–H and O–H groups in total. The van der Waals surface area contributed by atoms with Crippen molar-refractivity contribution in [3.05, 3.63) is 120 Å². The molecule has 0 fully saturated rings. The second-order valence-corrected chi connectivity index (χ2v) is 9.35. The molecule has 1 aliphatic rings. The maximum atomic E-state index is 14.0. The Morgan fingerprint density at radius 1 is 0.667 bits per heavy atom. The van der Waals surface area contributed by atoms with Crippen LogP contribution < -0.4 is 4.31 Å². The zero-order valence-electron chi connectivity index (χ0n) is 16.6. The van der Waals surface area contributed by atoms with Crippen LogP contribution in [0, 0.1) is 6.92 Å². The minimum atomic E-state index is -3.80. The van der Waals surface area contributed by atoms with Crippen molar-refractivity contribution >= 4 is 15.7 Å². The number of anilines is 1. The number of nitrogens with zero attached hydrogens (tertiary/aromatic N) is 1. The third-order valence-corrected chi connectivity index (χ3v) is 7.41. The van der Waals surface area contributed by atoms with Gasteiger partial charge >= 0.3 is 0 Å². The Hall–Kier alpha value is -3.37. The summed E-state index contributed by atoms with van der Waals surface area (Å²) in [7, 11) is -3.80. The summed E-state index contributed by atoms with van der Waals surface area (Å²) >= 11 is 0. The molecule has 0 unspecified atom stereocenters. The van der Waals surface area contributed by atoms with Gasteiger partial charge in [-0.05, 0) is 41.8 Å². The fourth-order valence-corrected chi connectivity index (χ4v) is 5.82. The fourth-order valence-electron chi connectivity index (χ4n) is 4.18. The lowest BCUT2D eigenvalue weighted by atomic mass is 9.86. The van der Waals surface area contributed by atoms with Crippen molar-refractivity contribution in [1.82, 2.24) is 0 Å². The van der Waals surface area contributed by atoms with Gasteiger partial charge in [-0.15, -0.1) is 0 Å². The second-order valence-electron chi connectivity index (χ2n) is 7.53. The molecule has 0 aliphatic carbocycles. The smallest absolute Gasteiger partial charge is 0.254 e. The Labute approximate surface area is 177 Å². The molecule has 5 rings (SSSR count). The lowest BCUT2D eigenvalue weighted by molar-refractivity contribution is 0.585. The quantitative estimate of drug-likeness (QED) is 0.417. The van der Waals surface area contributed by atoms with E-state index in [0.29, 0.717) is 10.6 Å². The van der Waals surface area contributed by atoms with Gasteiger partial charge in [0.2, 0.25) is 0 Å². The number of rotatable bonds is 3. The summed E-state index contributed by atoms with van der Waals surface area (Å²) in [6.07, 6.45) is 0. The Morgan fingerprint density at radius 2 is 1.27 bits per heavy atom. The van der Waals surface area contributed by atoms with Crippen molar-refractivity contribution in [2.24, 2.45) is 0 Å². The number of fused-ring (bicyclic) bond motifs is 3. The van der Waals surface area contributed by atoms with Gasteiger partial charge in [0.15, 0.2) is 0 Å². The zero-order chi connectivity index (χ0) is 20.7. The van der Waals surface area contributed by atoms with Gasteiger partial charge < -0.3 is 0 Å². The van der Waals surface area contributed by atoms with Crippen LogP contribution in [0.2, 0.25) is 0 Å². The van der Waals surface area contributed by atoms with Gasteiger partial charge in [-0.1, -0.05) is 90.5 Å². The van der Waals surface area contributed by atoms with Gasteiger partial charge in [-0.25, -0.2) is 8.42 Å². The monoisotopic (exact) mass is 411 g/mol. The van der Waals surface area contributed by atoms with Crippen LogP contribution in [0.1, 0.15) is 22.7 Å². The molecule has 0 saturated carbocycles. The van der Waals surface area contributed by atoms with E-state index in [2.05, 4.69) is 6.07 Å². The first-order valence-corrected chi connectivity index (χ1v) is 11.4. The topological polar surface area (TPSA) is 37.4 Å². The van der Waals surface area contributed by atoms with Crippen LogP contribution in [0.4, 0.5) is 5.69 Å². The molecular formula is C26H21NO2S. The van der Waals surface area contributed by atoms with Crippen molar-refractivity contribution in [3.63, 3.8) is 0 Å². The summed E-state index contributed by atoms with van der Waals surface area (Å²) in [6, 6.07) is 32.3. The zero-order valence-corrected chi connectivity index (χ0v) is 17.4. The molecule has 4 aromatic carbocycles. The molecule has 1 aliphatic heterocycles. The van der Waals surface area contributed by atoms with Crippen LogP contribution in [0.3, 0.4) is 0 Å². The van der Waals surface area contributed by atoms with Gasteiger partial charge in [0, 0.05) is 5.56 Å². The average Bonchev–Trinajstić information content (AvgIpc) is 2.79. The molecule has 30 heavy (non-hydrogen) atoms. The third kappa shape index (κ3) is 2.92. The molecule has 0 spiro atoms. The minimum Gasteiger partial charge on any atom is -0.254 e. The van der Waals surface area contributed by atoms with Crippen molar-refractivity contribution in [3.8, 4) is 11.1 Å². The maximum Gasteiger partial charge on any atom is 0.265 e. The number of hydrogen-bond donors (Lipinski definition) is 0. The van der Waals surface area contributed by atoms with E-state index in [1.165, 1.54) is 0 Å². The second kappa shape index (κ2) is 7.15. The summed E-state index contributed by atoms with van der Waals surface area (Å²) in [6.45, 7) is 1.95. The highest BCUT2D eigenvalue weighted by Crippen LogP contribution is 2.49. The van der Waals surface area contributed by atoms with Crippen LogP contribution in [0.15, 0.2) is 108 Å². The minimum absolute atomic E-state index is 0.295. The molecule has 4 aromatic rings. The van der Waals surface area contributed by atoms with Gasteiger partial charge in [-0.2, -0.15) is 0 Å². The van der Waals surface area contributed by atoms with Crippen molar-refractivity contribution < 1.29 is 8.42 Å². The van der Waals surface area contributed by atoms with E-state index < -0.39 is 16.1 Å². The van der Waals surface area contributed by atoms with Gasteiger partial charge in [0.1, 0.15) is 0 Å². The Bertz CT molecular complexity index is 1310. The lowest BCUT2D eigenvalue weighted by Crippen LogP contribution is -2.38. The van der Waals surface area contributed by atoms with Crippen LogP contribution in [-0.4, -0.2) is 8.42 Å². The highest BCUT2D eigenvalue weighted by Gasteiger charge is 2.39. The first-order valence-electron chi connectivity index (χ1n) is 9.92. The molecule has 1 heterocycles. The highest BCUT2D eigenvalue weighted by molar-refractivity contribution is 7.92. The summed E-state index contributed by atoms with van der Waals surface area (Å²) < 4.78 is 29.5. The summed E-state index contributed by atoms with van der Waals surface area (Å²) in [5, 5.41) is 0. The molecule has 1 atom stereocenters. The van der Waals surface area contributed by atoms with Crippen molar-refractivity contribution in [2.75, 3.05) is 4.31 Å². The van der Waals surface area contributed by atoms with E-state index in [1.54, 1.807) is 16.4 Å². The van der Waals surface area contributed by atoms with E-state index in [1.807, 2.05) is 91.9 Å². The molecule has 3 nitrogen and oxygen atoms in total. The van der Waals surface area contributed by atoms with Gasteiger partial charge in [0.25, 0.3) is 10.0 Å². The maximum absolute atomic E-state index is 14.0. The largest absolute Gasteiger partial charge is 0.265 e. The highest BCUT2D eigenvalue weighted by atomic mass is 32.2. The molecule has 0 amide bonds. The van der Waals surface area contributed by atoms with Crippen LogP contribution in [0.5, 0.6) is 0 Å². The van der Waals surface area contributed by atoms with E-state index in [-0.39, 0.29) is 0 Å². The first-order chi connectivity index (χ1) is 14.6. The average molecular weight is 412 g/mol. The first kappa shape index (κ1) is 18.6. The number of hydrogen-bond acceptors (Lipinski definition) is 2. The van der Waals surface area contributed by atoms with Crippen molar-refractivity contribution in [2.45, 2.75) is 17.9 Å². The van der Waals surface area contributed by atoms with Crippen LogP contribution >= 0.6 is 0 Å². The summed E-state index contributed by atoms with van der Waals surface area (Å²) in [4.78, 5) is 0.295. The molecular weight excluding hydrogens is 390 g/mol. The number of benzene rings is 4. The number of sulfonamides is 1. The normalized spacial score (nSPS) is 15.4. The van der Waals surface area contributed by atoms with Crippen LogP contribution in [0.25, 0.3) is 11.1 Å². The molecule has 0 aromatic heterocycles. The molecule has 0 radical (unpaired) electrons. The summed E-state index contributed by atoms with van der Waals surface area (Å²) in [5.41, 5.74) is 5.64. The number of aryl methyl sites for hydroxylation is 1. The standard InChI is InChI=1S/C26H21NO2S/c1-19-15-17-21(18-16-19)30(28,29)27-25-14-8-7-12-23(25)22-11-5-6-13-24(22)26(27)20-9-3-2-4-10-20/h2-18,26H,1H3/t26-/m0/s1.